The summed E-state index contributed by atoms with van der Waals surface area (Å²) in [5.74, 6) is -1.52. The predicted molar refractivity (Wildman–Crippen MR) is 49.3 cm³/mol. The van der Waals surface area contributed by atoms with Crippen molar-refractivity contribution in [2.45, 2.75) is 6.18 Å². The fourth-order valence-corrected chi connectivity index (χ4v) is 1.51. The van der Waals surface area contributed by atoms with Crippen molar-refractivity contribution >= 4 is 5.57 Å². The van der Waals surface area contributed by atoms with E-state index in [0.29, 0.717) is 0 Å². The molecule has 2 rings (SSSR count). The molecule has 1 aromatic rings. The second-order valence-corrected chi connectivity index (χ2v) is 3.24. The number of hydrogen-bond acceptors (Lipinski definition) is 3. The van der Waals surface area contributed by atoms with Gasteiger partial charge in [-0.2, -0.15) is 13.2 Å². The number of phenols is 2. The standard InChI is InChI=1S/C10H7F3O3/c11-10(12,13)6-3-4-16-9-5(6)1-2-7(14)8(9)15/h1-3,14-15H,4H2. The minimum atomic E-state index is -4.51. The summed E-state index contributed by atoms with van der Waals surface area (Å²) in [5, 5.41) is 18.5. The summed E-state index contributed by atoms with van der Waals surface area (Å²) < 4.78 is 42.6. The molecule has 0 bridgehead atoms. The van der Waals surface area contributed by atoms with E-state index in [4.69, 9.17) is 9.84 Å². The first-order valence-corrected chi connectivity index (χ1v) is 4.36. The van der Waals surface area contributed by atoms with Crippen molar-refractivity contribution in [3.05, 3.63) is 23.8 Å². The molecule has 3 nitrogen and oxygen atoms in total. The lowest BCUT2D eigenvalue weighted by atomic mass is 10.0. The number of alkyl halides is 3. The molecule has 0 saturated heterocycles. The summed E-state index contributed by atoms with van der Waals surface area (Å²) in [6.07, 6.45) is -3.62. The molecule has 86 valence electrons. The van der Waals surface area contributed by atoms with Crippen LogP contribution < -0.4 is 4.74 Å². The van der Waals surface area contributed by atoms with Crippen molar-refractivity contribution in [2.75, 3.05) is 6.61 Å². The largest absolute Gasteiger partial charge is 0.504 e. The first-order chi connectivity index (χ1) is 7.41. The van der Waals surface area contributed by atoms with E-state index in [-0.39, 0.29) is 17.9 Å². The molecule has 6 heteroatoms. The Morgan fingerprint density at radius 3 is 2.50 bits per heavy atom. The summed E-state index contributed by atoms with van der Waals surface area (Å²) in [6, 6.07) is 2.05. The van der Waals surface area contributed by atoms with Gasteiger partial charge in [0.25, 0.3) is 0 Å². The van der Waals surface area contributed by atoms with Crippen molar-refractivity contribution < 1.29 is 28.1 Å². The van der Waals surface area contributed by atoms with Crippen molar-refractivity contribution in [2.24, 2.45) is 0 Å². The number of benzene rings is 1. The van der Waals surface area contributed by atoms with E-state index in [9.17, 15) is 18.3 Å². The van der Waals surface area contributed by atoms with Gasteiger partial charge in [0.15, 0.2) is 11.5 Å². The number of ether oxygens (including phenoxy) is 1. The monoisotopic (exact) mass is 232 g/mol. The van der Waals surface area contributed by atoms with E-state index in [1.807, 2.05) is 0 Å². The second-order valence-electron chi connectivity index (χ2n) is 3.24. The van der Waals surface area contributed by atoms with Crippen LogP contribution in [0, 0.1) is 0 Å². The molecule has 0 saturated carbocycles. The van der Waals surface area contributed by atoms with Crippen molar-refractivity contribution in [3.8, 4) is 17.2 Å². The maximum Gasteiger partial charge on any atom is 0.416 e. The summed E-state index contributed by atoms with van der Waals surface area (Å²) in [5.41, 5.74) is -1.14. The molecule has 1 aromatic carbocycles. The molecule has 0 fully saturated rings. The molecule has 0 radical (unpaired) electrons. The summed E-state index contributed by atoms with van der Waals surface area (Å²) in [7, 11) is 0. The molecule has 0 unspecified atom stereocenters. The number of halogens is 3. The predicted octanol–water partition coefficient (Wildman–Crippen LogP) is 2.44. The quantitative estimate of drug-likeness (QED) is 0.675. The maximum absolute atomic E-state index is 12.6. The van der Waals surface area contributed by atoms with E-state index >= 15 is 0 Å². The van der Waals surface area contributed by atoms with Crippen LogP contribution in [0.4, 0.5) is 13.2 Å². The third-order valence-electron chi connectivity index (χ3n) is 2.22. The van der Waals surface area contributed by atoms with E-state index in [2.05, 4.69) is 0 Å². The van der Waals surface area contributed by atoms with Crippen molar-refractivity contribution in [3.63, 3.8) is 0 Å². The van der Waals surface area contributed by atoms with Gasteiger partial charge in [0, 0.05) is 5.56 Å². The lowest BCUT2D eigenvalue weighted by Crippen LogP contribution is -2.16. The van der Waals surface area contributed by atoms with Gasteiger partial charge in [0.1, 0.15) is 6.61 Å². The van der Waals surface area contributed by atoms with Gasteiger partial charge in [-0.3, -0.25) is 0 Å². The topological polar surface area (TPSA) is 49.7 Å². The zero-order valence-electron chi connectivity index (χ0n) is 7.88. The van der Waals surface area contributed by atoms with Gasteiger partial charge in [-0.25, -0.2) is 0 Å². The Morgan fingerprint density at radius 2 is 1.88 bits per heavy atom. The van der Waals surface area contributed by atoms with Gasteiger partial charge in [-0.1, -0.05) is 0 Å². The molecule has 0 atom stereocenters. The van der Waals surface area contributed by atoms with Crippen LogP contribution in [0.25, 0.3) is 5.57 Å². The molecule has 1 heterocycles. The van der Waals surface area contributed by atoms with E-state index in [1.54, 1.807) is 0 Å². The van der Waals surface area contributed by atoms with Crippen LogP contribution in [0.3, 0.4) is 0 Å². The summed E-state index contributed by atoms with van der Waals surface area (Å²) in [4.78, 5) is 0. The van der Waals surface area contributed by atoms with Crippen LogP contribution in [-0.2, 0) is 0 Å². The maximum atomic E-state index is 12.6. The molecule has 2 N–H and O–H groups in total. The molecule has 1 aliphatic heterocycles. The molecule has 16 heavy (non-hydrogen) atoms. The number of aromatic hydroxyl groups is 2. The lowest BCUT2D eigenvalue weighted by molar-refractivity contribution is -0.0697. The van der Waals surface area contributed by atoms with Crippen LogP contribution >= 0.6 is 0 Å². The SMILES string of the molecule is Oc1ccc2c(c1O)OCC=C2C(F)(F)F. The van der Waals surface area contributed by atoms with Gasteiger partial charge in [0.05, 0.1) is 5.57 Å². The fourth-order valence-electron chi connectivity index (χ4n) is 1.51. The molecule has 0 aliphatic carbocycles. The summed E-state index contributed by atoms with van der Waals surface area (Å²) >= 11 is 0. The van der Waals surface area contributed by atoms with Crippen LogP contribution in [0.1, 0.15) is 5.56 Å². The lowest BCUT2D eigenvalue weighted by Gasteiger charge is -2.21. The highest BCUT2D eigenvalue weighted by Crippen LogP contribution is 2.47. The Bertz CT molecular complexity index is 463. The fraction of sp³-hybridized carbons (Fsp3) is 0.200. The van der Waals surface area contributed by atoms with E-state index in [1.165, 1.54) is 0 Å². The average molecular weight is 232 g/mol. The normalized spacial score (nSPS) is 15.1. The third-order valence-corrected chi connectivity index (χ3v) is 2.22. The van der Waals surface area contributed by atoms with Crippen LogP contribution in [0.5, 0.6) is 17.2 Å². The Labute approximate surface area is 88.4 Å². The smallest absolute Gasteiger partial charge is 0.416 e. The minimum Gasteiger partial charge on any atom is -0.504 e. The first-order valence-electron chi connectivity index (χ1n) is 4.36. The van der Waals surface area contributed by atoms with E-state index in [0.717, 1.165) is 18.2 Å². The number of allylic oxidation sites excluding steroid dienone is 1. The van der Waals surface area contributed by atoms with Gasteiger partial charge in [-0.15, -0.1) is 0 Å². The van der Waals surface area contributed by atoms with Crippen molar-refractivity contribution in [1.82, 2.24) is 0 Å². The van der Waals surface area contributed by atoms with Crippen LogP contribution in [0.15, 0.2) is 18.2 Å². The van der Waals surface area contributed by atoms with Crippen LogP contribution in [-0.4, -0.2) is 23.0 Å². The van der Waals surface area contributed by atoms with Gasteiger partial charge < -0.3 is 14.9 Å². The Morgan fingerprint density at radius 1 is 1.19 bits per heavy atom. The highest BCUT2D eigenvalue weighted by molar-refractivity contribution is 5.78. The molecule has 0 aromatic heterocycles. The van der Waals surface area contributed by atoms with Gasteiger partial charge in [-0.05, 0) is 18.2 Å². The highest BCUT2D eigenvalue weighted by Gasteiger charge is 2.38. The summed E-state index contributed by atoms with van der Waals surface area (Å²) in [6.45, 7) is -0.293. The minimum absolute atomic E-state index is 0.269. The molecule has 0 amide bonds. The highest BCUT2D eigenvalue weighted by atomic mass is 19.4. The molecule has 1 aliphatic rings. The van der Waals surface area contributed by atoms with Gasteiger partial charge >= 0.3 is 6.18 Å². The zero-order chi connectivity index (χ0) is 11.9. The van der Waals surface area contributed by atoms with Crippen molar-refractivity contribution in [1.29, 1.82) is 0 Å². The van der Waals surface area contributed by atoms with Gasteiger partial charge in [0.2, 0.25) is 5.75 Å². The number of fused-ring (bicyclic) bond motifs is 1. The molecule has 0 spiro atoms. The zero-order valence-corrected chi connectivity index (χ0v) is 7.88. The number of phenolic OH excluding ortho intramolecular Hbond substituents is 2. The average Bonchev–Trinajstić information content (AvgIpc) is 2.21. The Balaban J connectivity index is 2.60. The molecular formula is C10H7F3O3. The Hall–Kier alpha value is -1.85. The number of rotatable bonds is 0. The Kier molecular flexibility index (Phi) is 2.22. The third kappa shape index (κ3) is 1.56. The second kappa shape index (κ2) is 3.33. The molecular weight excluding hydrogens is 225 g/mol. The van der Waals surface area contributed by atoms with Crippen LogP contribution in [0.2, 0.25) is 0 Å². The first kappa shape index (κ1) is 10.7. The van der Waals surface area contributed by atoms with E-state index < -0.39 is 23.2 Å². The number of hydrogen-bond donors (Lipinski definition) is 2.